The Morgan fingerprint density at radius 3 is 2.46 bits per heavy atom. The zero-order valence-corrected chi connectivity index (χ0v) is 17.4. The molecule has 4 rings (SSSR count). The van der Waals surface area contributed by atoms with Gasteiger partial charge in [0.05, 0.1) is 21.7 Å². The molecule has 0 bridgehead atoms. The maximum atomic E-state index is 12.8. The molecule has 0 spiro atoms. The molecule has 1 aromatic carbocycles. The van der Waals surface area contributed by atoms with Gasteiger partial charge in [0, 0.05) is 31.1 Å². The van der Waals surface area contributed by atoms with E-state index in [9.17, 15) is 9.59 Å². The Morgan fingerprint density at radius 2 is 1.75 bits per heavy atom. The summed E-state index contributed by atoms with van der Waals surface area (Å²) in [6.07, 6.45) is 0.719. The summed E-state index contributed by atoms with van der Waals surface area (Å²) in [5, 5.41) is 2.67. The van der Waals surface area contributed by atoms with Gasteiger partial charge in [-0.1, -0.05) is 35.3 Å². The Balaban J connectivity index is 1.33. The van der Waals surface area contributed by atoms with Crippen LogP contribution in [-0.4, -0.2) is 53.8 Å². The fourth-order valence-electron chi connectivity index (χ4n) is 3.58. The molecule has 2 atom stereocenters. The molecule has 2 N–H and O–H groups in total. The van der Waals surface area contributed by atoms with E-state index in [4.69, 9.17) is 23.2 Å². The van der Waals surface area contributed by atoms with Crippen molar-refractivity contribution in [1.82, 2.24) is 20.7 Å². The van der Waals surface area contributed by atoms with Gasteiger partial charge >= 0.3 is 0 Å². The molecule has 2 aliphatic heterocycles. The number of piperazine rings is 1. The van der Waals surface area contributed by atoms with Crippen LogP contribution in [0, 0.1) is 0 Å². The van der Waals surface area contributed by atoms with Crippen molar-refractivity contribution in [2.45, 2.75) is 18.5 Å². The average Bonchev–Trinajstić information content (AvgIpc) is 3.41. The molecule has 0 radical (unpaired) electrons. The highest BCUT2D eigenvalue weighted by molar-refractivity contribution is 7.10. The van der Waals surface area contributed by atoms with E-state index in [0.717, 1.165) is 6.42 Å². The van der Waals surface area contributed by atoms with Crippen LogP contribution in [0.15, 0.2) is 35.7 Å². The van der Waals surface area contributed by atoms with Crippen molar-refractivity contribution in [3.63, 3.8) is 0 Å². The third-order valence-electron chi connectivity index (χ3n) is 5.15. The summed E-state index contributed by atoms with van der Waals surface area (Å²) in [6.45, 7) is 1.96. The van der Waals surface area contributed by atoms with E-state index in [1.54, 1.807) is 34.4 Å². The molecular formula is C19H20Cl2N4O2S. The lowest BCUT2D eigenvalue weighted by atomic mass is 10.1. The molecule has 2 saturated heterocycles. The van der Waals surface area contributed by atoms with E-state index >= 15 is 0 Å². The van der Waals surface area contributed by atoms with Crippen molar-refractivity contribution in [1.29, 1.82) is 0 Å². The molecule has 6 nitrogen and oxygen atoms in total. The maximum Gasteiger partial charge on any atom is 0.255 e. The second-order valence-electron chi connectivity index (χ2n) is 6.86. The number of rotatable bonds is 3. The number of nitrogens with one attached hydrogen (secondary N) is 2. The Labute approximate surface area is 177 Å². The first-order valence-corrected chi connectivity index (χ1v) is 10.7. The molecule has 3 heterocycles. The van der Waals surface area contributed by atoms with Crippen molar-refractivity contribution in [2.75, 3.05) is 26.2 Å². The van der Waals surface area contributed by atoms with Crippen LogP contribution in [0.3, 0.4) is 0 Å². The Morgan fingerprint density at radius 1 is 1.00 bits per heavy atom. The van der Waals surface area contributed by atoms with E-state index in [1.807, 2.05) is 16.3 Å². The third kappa shape index (κ3) is 3.90. The van der Waals surface area contributed by atoms with Crippen LogP contribution in [0.25, 0.3) is 0 Å². The van der Waals surface area contributed by atoms with Gasteiger partial charge in [-0.3, -0.25) is 9.59 Å². The molecule has 28 heavy (non-hydrogen) atoms. The van der Waals surface area contributed by atoms with E-state index in [2.05, 4.69) is 16.9 Å². The van der Waals surface area contributed by atoms with Gasteiger partial charge in [0.2, 0.25) is 5.91 Å². The zero-order valence-electron chi connectivity index (χ0n) is 15.0. The summed E-state index contributed by atoms with van der Waals surface area (Å²) in [6, 6.07) is 9.03. The summed E-state index contributed by atoms with van der Waals surface area (Å²) in [5.41, 5.74) is 6.73. The number of benzene rings is 1. The number of amides is 2. The van der Waals surface area contributed by atoms with E-state index < -0.39 is 0 Å². The molecule has 0 aliphatic carbocycles. The molecule has 148 valence electrons. The first kappa shape index (κ1) is 19.7. The van der Waals surface area contributed by atoms with Gasteiger partial charge in [0.25, 0.3) is 5.91 Å². The van der Waals surface area contributed by atoms with Crippen LogP contribution in [0.1, 0.15) is 27.7 Å². The fourth-order valence-corrected chi connectivity index (χ4v) is 4.76. The molecule has 1 aromatic heterocycles. The highest BCUT2D eigenvalue weighted by Crippen LogP contribution is 2.28. The van der Waals surface area contributed by atoms with Crippen molar-refractivity contribution < 1.29 is 9.59 Å². The van der Waals surface area contributed by atoms with Crippen LogP contribution in [0.5, 0.6) is 0 Å². The smallest absolute Gasteiger partial charge is 0.255 e. The van der Waals surface area contributed by atoms with Gasteiger partial charge in [-0.15, -0.1) is 11.3 Å². The second-order valence-corrected chi connectivity index (χ2v) is 8.63. The Kier molecular flexibility index (Phi) is 5.89. The molecule has 2 unspecified atom stereocenters. The lowest BCUT2D eigenvalue weighted by Crippen LogP contribution is -2.54. The maximum absolute atomic E-state index is 12.8. The zero-order chi connectivity index (χ0) is 19.7. The lowest BCUT2D eigenvalue weighted by molar-refractivity contribution is -0.134. The van der Waals surface area contributed by atoms with Gasteiger partial charge in [-0.2, -0.15) is 0 Å². The molecule has 2 fully saturated rings. The van der Waals surface area contributed by atoms with Crippen molar-refractivity contribution in [3.8, 4) is 0 Å². The molecule has 0 saturated carbocycles. The van der Waals surface area contributed by atoms with Crippen molar-refractivity contribution in [3.05, 3.63) is 56.2 Å². The highest BCUT2D eigenvalue weighted by Gasteiger charge is 2.35. The second kappa shape index (κ2) is 8.39. The molecular weight excluding hydrogens is 419 g/mol. The highest BCUT2D eigenvalue weighted by atomic mass is 35.5. The predicted molar refractivity (Wildman–Crippen MR) is 111 cm³/mol. The first-order valence-electron chi connectivity index (χ1n) is 9.11. The number of hydrazine groups is 1. The number of carbonyl (C=O) groups is 2. The topological polar surface area (TPSA) is 64.7 Å². The van der Waals surface area contributed by atoms with E-state index in [0.29, 0.717) is 36.8 Å². The first-order chi connectivity index (χ1) is 13.5. The van der Waals surface area contributed by atoms with Gasteiger partial charge in [0.1, 0.15) is 6.04 Å². The van der Waals surface area contributed by atoms with Gasteiger partial charge in [-0.25, -0.2) is 10.9 Å². The van der Waals surface area contributed by atoms with E-state index in [1.165, 1.54) is 4.88 Å². The molecule has 9 heteroatoms. The standard InChI is InChI=1S/C19H20Cl2N4O2S/c20-13-4-1-3-12(17(13)21)18(26)24-6-8-25(9-7-24)19(27)15-11-14(22-23-15)16-5-2-10-28-16/h1-5,10,14-15,22-23H,6-9,11H2. The fraction of sp³-hybridized carbons (Fsp3) is 0.368. The number of nitrogens with zero attached hydrogens (tertiary/aromatic N) is 2. The number of hydrogen-bond acceptors (Lipinski definition) is 5. The van der Waals surface area contributed by atoms with Crippen LogP contribution < -0.4 is 10.9 Å². The monoisotopic (exact) mass is 438 g/mol. The summed E-state index contributed by atoms with van der Waals surface area (Å²) in [7, 11) is 0. The number of halogens is 2. The summed E-state index contributed by atoms with van der Waals surface area (Å²) < 4.78 is 0. The molecule has 2 amide bonds. The minimum absolute atomic E-state index is 0.0689. The third-order valence-corrected chi connectivity index (χ3v) is 6.95. The van der Waals surface area contributed by atoms with Gasteiger partial charge in [0.15, 0.2) is 0 Å². The predicted octanol–water partition coefficient (Wildman–Crippen LogP) is 2.95. The number of carbonyl (C=O) groups excluding carboxylic acids is 2. The van der Waals surface area contributed by atoms with Crippen molar-refractivity contribution in [2.24, 2.45) is 0 Å². The summed E-state index contributed by atoms with van der Waals surface area (Å²) in [5.74, 6) is -0.0857. The number of thiophene rings is 1. The Bertz CT molecular complexity index is 869. The van der Waals surface area contributed by atoms with Gasteiger partial charge in [-0.05, 0) is 30.0 Å². The normalized spacial score (nSPS) is 22.5. The van der Waals surface area contributed by atoms with Gasteiger partial charge < -0.3 is 9.80 Å². The van der Waals surface area contributed by atoms with Crippen LogP contribution >= 0.6 is 34.5 Å². The quantitative estimate of drug-likeness (QED) is 0.772. The molecule has 2 aromatic rings. The minimum atomic E-state index is -0.253. The Hall–Kier alpha value is -1.64. The van der Waals surface area contributed by atoms with Crippen LogP contribution in [0.2, 0.25) is 10.0 Å². The lowest BCUT2D eigenvalue weighted by Gasteiger charge is -2.36. The average molecular weight is 439 g/mol. The largest absolute Gasteiger partial charge is 0.338 e. The molecule has 2 aliphatic rings. The van der Waals surface area contributed by atoms with Crippen LogP contribution in [-0.2, 0) is 4.79 Å². The van der Waals surface area contributed by atoms with Crippen LogP contribution in [0.4, 0.5) is 0 Å². The minimum Gasteiger partial charge on any atom is -0.338 e. The summed E-state index contributed by atoms with van der Waals surface area (Å²) in [4.78, 5) is 30.3. The summed E-state index contributed by atoms with van der Waals surface area (Å²) >= 11 is 13.9. The number of hydrogen-bond donors (Lipinski definition) is 2. The SMILES string of the molecule is O=C(c1cccc(Cl)c1Cl)N1CCN(C(=O)C2CC(c3cccs3)NN2)CC1. The van der Waals surface area contributed by atoms with Crippen molar-refractivity contribution >= 4 is 46.4 Å². The van der Waals surface area contributed by atoms with E-state index in [-0.39, 0.29) is 28.9 Å².